The quantitative estimate of drug-likeness (QED) is 0.790. The Labute approximate surface area is 144 Å². The Bertz CT molecular complexity index is 583. The molecule has 1 heterocycles. The summed E-state index contributed by atoms with van der Waals surface area (Å²) in [6.07, 6.45) is 1.77. The standard InChI is InChI=1S/C18H29N3O3/c1-17(2)10-13(11-18(3,4)21-17)20-16(22)19-12-7-8-14(23-5)15(9-12)24-6/h7-9,13,21H,10-11H2,1-6H3,(H2,19,20,22). The second-order valence-electron chi connectivity index (χ2n) is 7.67. The van der Waals surface area contributed by atoms with Gasteiger partial charge in [-0.2, -0.15) is 0 Å². The smallest absolute Gasteiger partial charge is 0.319 e. The summed E-state index contributed by atoms with van der Waals surface area (Å²) in [5.74, 6) is 1.21. The van der Waals surface area contributed by atoms with Gasteiger partial charge in [-0.15, -0.1) is 0 Å². The van der Waals surface area contributed by atoms with E-state index in [9.17, 15) is 4.79 Å². The van der Waals surface area contributed by atoms with Crippen molar-refractivity contribution in [1.82, 2.24) is 10.6 Å². The third kappa shape index (κ3) is 4.77. The molecule has 1 aliphatic heterocycles. The molecule has 0 bridgehead atoms. The number of benzene rings is 1. The average molecular weight is 335 g/mol. The van der Waals surface area contributed by atoms with Gasteiger partial charge in [0.1, 0.15) is 0 Å². The van der Waals surface area contributed by atoms with Gasteiger partial charge in [0.05, 0.1) is 14.2 Å². The summed E-state index contributed by atoms with van der Waals surface area (Å²) in [6.45, 7) is 8.65. The van der Waals surface area contributed by atoms with Crippen molar-refractivity contribution in [3.8, 4) is 11.5 Å². The second kappa shape index (κ2) is 6.89. The largest absolute Gasteiger partial charge is 0.493 e. The van der Waals surface area contributed by atoms with Gasteiger partial charge in [-0.25, -0.2) is 4.79 Å². The minimum absolute atomic E-state index is 0.0109. The van der Waals surface area contributed by atoms with Gasteiger partial charge in [-0.1, -0.05) is 0 Å². The molecule has 134 valence electrons. The van der Waals surface area contributed by atoms with E-state index in [0.29, 0.717) is 17.2 Å². The van der Waals surface area contributed by atoms with Gasteiger partial charge < -0.3 is 25.4 Å². The monoisotopic (exact) mass is 335 g/mol. The topological polar surface area (TPSA) is 71.6 Å². The average Bonchev–Trinajstić information content (AvgIpc) is 2.43. The number of piperidine rings is 1. The number of anilines is 1. The third-order valence-corrected chi connectivity index (χ3v) is 4.17. The molecule has 0 saturated carbocycles. The van der Waals surface area contributed by atoms with Crippen LogP contribution in [0.5, 0.6) is 11.5 Å². The summed E-state index contributed by atoms with van der Waals surface area (Å²) >= 11 is 0. The number of methoxy groups -OCH3 is 2. The Kier molecular flexibility index (Phi) is 5.28. The molecule has 0 unspecified atom stereocenters. The lowest BCUT2D eigenvalue weighted by molar-refractivity contribution is 0.149. The van der Waals surface area contributed by atoms with Crippen LogP contribution in [0, 0.1) is 0 Å². The van der Waals surface area contributed by atoms with E-state index in [1.165, 1.54) is 0 Å². The molecule has 0 atom stereocenters. The van der Waals surface area contributed by atoms with Crippen molar-refractivity contribution in [2.75, 3.05) is 19.5 Å². The number of rotatable bonds is 4. The minimum atomic E-state index is -0.208. The number of amides is 2. The van der Waals surface area contributed by atoms with Gasteiger partial charge in [-0.05, 0) is 52.7 Å². The van der Waals surface area contributed by atoms with E-state index in [1.54, 1.807) is 32.4 Å². The molecule has 1 fully saturated rings. The summed E-state index contributed by atoms with van der Waals surface area (Å²) in [6, 6.07) is 5.22. The number of carbonyl (C=O) groups is 1. The van der Waals surface area contributed by atoms with Gasteiger partial charge in [-0.3, -0.25) is 0 Å². The molecule has 0 spiro atoms. The molecule has 6 heteroatoms. The van der Waals surface area contributed by atoms with Crippen LogP contribution in [0.15, 0.2) is 18.2 Å². The number of hydrogen-bond donors (Lipinski definition) is 3. The van der Waals surface area contributed by atoms with Crippen LogP contribution in [0.25, 0.3) is 0 Å². The van der Waals surface area contributed by atoms with Crippen molar-refractivity contribution in [1.29, 1.82) is 0 Å². The Balaban J connectivity index is 2.00. The number of urea groups is 1. The van der Waals surface area contributed by atoms with Gasteiger partial charge in [0.25, 0.3) is 0 Å². The number of ether oxygens (including phenoxy) is 2. The molecule has 6 nitrogen and oxygen atoms in total. The number of carbonyl (C=O) groups excluding carboxylic acids is 1. The molecule has 3 N–H and O–H groups in total. The van der Waals surface area contributed by atoms with Gasteiger partial charge in [0, 0.05) is 28.9 Å². The molecule has 0 aliphatic carbocycles. The lowest BCUT2D eigenvalue weighted by Crippen LogP contribution is -2.62. The zero-order valence-electron chi connectivity index (χ0n) is 15.4. The molecular formula is C18H29N3O3. The molecule has 0 radical (unpaired) electrons. The number of hydrogen-bond acceptors (Lipinski definition) is 4. The highest BCUT2D eigenvalue weighted by molar-refractivity contribution is 5.89. The fraction of sp³-hybridized carbons (Fsp3) is 0.611. The van der Waals surface area contributed by atoms with Crippen LogP contribution >= 0.6 is 0 Å². The van der Waals surface area contributed by atoms with Crippen molar-refractivity contribution in [2.24, 2.45) is 0 Å². The Morgan fingerprint density at radius 2 is 1.67 bits per heavy atom. The predicted molar refractivity (Wildman–Crippen MR) is 96.0 cm³/mol. The molecule has 2 rings (SSSR count). The molecule has 0 aromatic heterocycles. The second-order valence-corrected chi connectivity index (χ2v) is 7.67. The Hall–Kier alpha value is -1.95. The van der Waals surface area contributed by atoms with E-state index < -0.39 is 0 Å². The van der Waals surface area contributed by atoms with Crippen molar-refractivity contribution in [3.05, 3.63) is 18.2 Å². The predicted octanol–water partition coefficient (Wildman–Crippen LogP) is 3.13. The SMILES string of the molecule is COc1ccc(NC(=O)NC2CC(C)(C)NC(C)(C)C2)cc1OC. The Morgan fingerprint density at radius 3 is 2.21 bits per heavy atom. The first-order valence-corrected chi connectivity index (χ1v) is 8.23. The van der Waals surface area contributed by atoms with E-state index >= 15 is 0 Å². The fourth-order valence-corrected chi connectivity index (χ4v) is 3.69. The summed E-state index contributed by atoms with van der Waals surface area (Å²) in [5.41, 5.74) is 0.643. The molecule has 1 saturated heterocycles. The highest BCUT2D eigenvalue weighted by atomic mass is 16.5. The first-order chi connectivity index (χ1) is 11.1. The van der Waals surface area contributed by atoms with E-state index in [1.807, 2.05) is 0 Å². The van der Waals surface area contributed by atoms with Crippen molar-refractivity contribution in [3.63, 3.8) is 0 Å². The van der Waals surface area contributed by atoms with Crippen LogP contribution in [0.3, 0.4) is 0 Å². The first-order valence-electron chi connectivity index (χ1n) is 8.23. The summed E-state index contributed by atoms with van der Waals surface area (Å²) in [5, 5.41) is 9.56. The van der Waals surface area contributed by atoms with Crippen molar-refractivity contribution >= 4 is 11.7 Å². The normalized spacial score (nSPS) is 19.4. The van der Waals surface area contributed by atoms with Gasteiger partial charge >= 0.3 is 6.03 Å². The molecule has 1 aliphatic rings. The third-order valence-electron chi connectivity index (χ3n) is 4.17. The van der Waals surface area contributed by atoms with Crippen LogP contribution < -0.4 is 25.4 Å². The summed E-state index contributed by atoms with van der Waals surface area (Å²) < 4.78 is 10.5. The molecule has 2 amide bonds. The van der Waals surface area contributed by atoms with Crippen LogP contribution in [0.4, 0.5) is 10.5 Å². The minimum Gasteiger partial charge on any atom is -0.493 e. The number of nitrogens with one attached hydrogen (secondary N) is 3. The molecule has 1 aromatic rings. The molecule has 1 aromatic carbocycles. The van der Waals surface area contributed by atoms with E-state index in [2.05, 4.69) is 43.6 Å². The maximum absolute atomic E-state index is 12.3. The fourth-order valence-electron chi connectivity index (χ4n) is 3.69. The summed E-state index contributed by atoms with van der Waals surface area (Å²) in [4.78, 5) is 12.3. The van der Waals surface area contributed by atoms with Crippen molar-refractivity contribution in [2.45, 2.75) is 57.7 Å². The van der Waals surface area contributed by atoms with Crippen LogP contribution in [-0.4, -0.2) is 37.4 Å². The first kappa shape index (κ1) is 18.4. The Morgan fingerprint density at radius 1 is 1.08 bits per heavy atom. The lowest BCUT2D eigenvalue weighted by Gasteiger charge is -2.46. The zero-order valence-corrected chi connectivity index (χ0v) is 15.4. The highest BCUT2D eigenvalue weighted by Gasteiger charge is 2.38. The van der Waals surface area contributed by atoms with Crippen LogP contribution in [0.1, 0.15) is 40.5 Å². The van der Waals surface area contributed by atoms with Gasteiger partial charge in [0.15, 0.2) is 11.5 Å². The maximum Gasteiger partial charge on any atom is 0.319 e. The van der Waals surface area contributed by atoms with E-state index in [4.69, 9.17) is 9.47 Å². The van der Waals surface area contributed by atoms with Gasteiger partial charge in [0.2, 0.25) is 0 Å². The lowest BCUT2D eigenvalue weighted by atomic mass is 9.80. The van der Waals surface area contributed by atoms with Crippen LogP contribution in [0.2, 0.25) is 0 Å². The van der Waals surface area contributed by atoms with E-state index in [-0.39, 0.29) is 23.2 Å². The molecular weight excluding hydrogens is 306 g/mol. The summed E-state index contributed by atoms with van der Waals surface area (Å²) in [7, 11) is 3.15. The van der Waals surface area contributed by atoms with Crippen molar-refractivity contribution < 1.29 is 14.3 Å². The zero-order chi connectivity index (χ0) is 18.0. The van der Waals surface area contributed by atoms with E-state index in [0.717, 1.165) is 12.8 Å². The maximum atomic E-state index is 12.3. The highest BCUT2D eigenvalue weighted by Crippen LogP contribution is 2.30. The molecule has 24 heavy (non-hydrogen) atoms. The van der Waals surface area contributed by atoms with Crippen LogP contribution in [-0.2, 0) is 0 Å².